The molecule has 0 spiro atoms. The molecule has 0 aliphatic carbocycles. The minimum Gasteiger partial charge on any atom is -0.512 e. The smallest absolute Gasteiger partial charge is 0.512 e. The van der Waals surface area contributed by atoms with Crippen LogP contribution >= 0.6 is 95.2 Å². The molecule has 22 heteroatoms. The van der Waals surface area contributed by atoms with E-state index in [4.69, 9.17) is 63.7 Å². The molecule has 0 atom stereocenters. The van der Waals surface area contributed by atoms with Gasteiger partial charge < -0.3 is 39.6 Å². The van der Waals surface area contributed by atoms with Crippen molar-refractivity contribution in [3.63, 3.8) is 0 Å². The summed E-state index contributed by atoms with van der Waals surface area (Å²) in [5, 5.41) is 47.4. The van der Waals surface area contributed by atoms with Gasteiger partial charge in [-0.15, -0.1) is 0 Å². The van der Waals surface area contributed by atoms with Crippen LogP contribution in [-0.4, -0.2) is 46.5 Å². The third kappa shape index (κ3) is 33.6. The van der Waals surface area contributed by atoms with Gasteiger partial charge in [0.2, 0.25) is 0 Å². The second kappa shape index (κ2) is 58.4. The predicted molar refractivity (Wildman–Crippen MR) is 511 cm³/mol. The van der Waals surface area contributed by atoms with Gasteiger partial charge in [-0.2, -0.15) is 5.26 Å². The van der Waals surface area contributed by atoms with Crippen LogP contribution in [0.1, 0.15) is 22.3 Å². The van der Waals surface area contributed by atoms with E-state index in [9.17, 15) is 0 Å². The van der Waals surface area contributed by atoms with Crippen LogP contribution in [0.5, 0.6) is 0 Å². The summed E-state index contributed by atoms with van der Waals surface area (Å²) in [6.07, 6.45) is 8.44. The van der Waals surface area contributed by atoms with Gasteiger partial charge in [-0.1, -0.05) is 405 Å². The number of fused-ring (bicyclic) bond motifs is 3. The third-order valence-electron chi connectivity index (χ3n) is 17.2. The number of rotatable bonds is 12. The number of benzene rings is 12. The zero-order valence-corrected chi connectivity index (χ0v) is 77.8. The summed E-state index contributed by atoms with van der Waals surface area (Å²) in [4.78, 5) is 12.4. The van der Waals surface area contributed by atoms with Crippen molar-refractivity contribution in [3.05, 3.63) is 447 Å². The molecule has 6 heterocycles. The molecule has 3 N–H and O–H groups in total. The van der Waals surface area contributed by atoms with Gasteiger partial charge in [-0.3, -0.25) is 0 Å². The number of hydrogen-bond acceptors (Lipinski definition) is 11. The van der Waals surface area contributed by atoms with Gasteiger partial charge in [0, 0.05) is 63.1 Å². The maximum atomic E-state index is 8.56. The first kappa shape index (κ1) is 98.4. The molecule has 0 bridgehead atoms. The van der Waals surface area contributed by atoms with E-state index in [1.807, 2.05) is 24.5 Å². The Hall–Kier alpha value is -9.47. The summed E-state index contributed by atoms with van der Waals surface area (Å²) in [6, 6.07) is 139. The molecule has 0 amide bonds. The Morgan fingerprint density at radius 3 is 0.748 bits per heavy atom. The van der Waals surface area contributed by atoms with Crippen molar-refractivity contribution < 1.29 is 39.9 Å². The standard InChI is InChI=1S/4C18H15P.C8H7N3.C7H7BrN2.C7H8N2.CHCl3.2CN.BHNS.Pd.Zn/c4*1-4-10-16(11-5-1)19(17-12-6-2-7-13-17)18-14-8-3-9-15-18;9-4-6-3-7-1-2-10-8(7)11-5-6;8-6-3-5-1-2-9-7(5)10-4-6;1-2-6-3-5-9-7(6)8-4-1;2-1(3)4;2*1-2;1-2-3;;/h4*1-15H;3,5H,1-2H2,(H,10,11);3-4H,1-2H2,(H,9,10);1-2,4H,3,5H2,(H,8,9);1H;;;3H;;/q;;;;;;;;2*-1;;;+2. The van der Waals surface area contributed by atoms with Gasteiger partial charge >= 0.3 is 44.2 Å². The van der Waals surface area contributed by atoms with Crippen LogP contribution in [0.25, 0.3) is 0 Å². The summed E-state index contributed by atoms with van der Waals surface area (Å²) < 4.78 is 3.01. The molecule has 15 aromatic rings. The average molecular weight is 1910 g/mol. The minimum absolute atomic E-state index is 0. The quantitative estimate of drug-likeness (QED) is 0.0307. The SMILES string of the molecule is Brc1cnc2c(c1)CCN2.ClC(Cl)Cl.N#Cc1cnc2c(c1)CCN2.[B]=NS.[C-]#N.[C-]#N.[Pd].[Zn+2].c1ccc(P(c2ccccc2)c2ccccc2)cc1.c1ccc(P(c2ccccc2)c2ccccc2)cc1.c1ccc(P(c2ccccc2)c2ccccc2)cc1.c1ccc(P(c2ccccc2)c2ccccc2)cc1.c1cnc2c(c1)CCN2. The van der Waals surface area contributed by atoms with Crippen LogP contribution in [0, 0.1) is 35.0 Å². The van der Waals surface area contributed by atoms with Gasteiger partial charge in [-0.25, -0.2) is 15.0 Å². The zero-order chi connectivity index (χ0) is 82.7. The fourth-order valence-corrected chi connectivity index (χ4v) is 21.8. The van der Waals surface area contributed by atoms with Crippen LogP contribution in [-0.2, 0) is 59.2 Å². The fourth-order valence-electron chi connectivity index (χ4n) is 12.2. The van der Waals surface area contributed by atoms with Crippen molar-refractivity contribution >= 4 is 184 Å². The Morgan fingerprint density at radius 1 is 0.345 bits per heavy atom. The molecule has 12 aromatic carbocycles. The van der Waals surface area contributed by atoms with Crippen molar-refractivity contribution in [2.75, 3.05) is 35.6 Å². The van der Waals surface area contributed by atoms with Crippen LogP contribution in [0.15, 0.2) is 416 Å². The summed E-state index contributed by atoms with van der Waals surface area (Å²) in [6.45, 7) is 12.5. The average Bonchev–Trinajstić information content (AvgIpc) is 1.52. The predicted octanol–water partition coefficient (Wildman–Crippen LogP) is 19.9. The van der Waals surface area contributed by atoms with Crippen molar-refractivity contribution in [1.82, 2.24) is 15.0 Å². The van der Waals surface area contributed by atoms with Crippen molar-refractivity contribution in [2.24, 2.45) is 4.30 Å². The van der Waals surface area contributed by atoms with Gasteiger partial charge in [0.1, 0.15) is 23.5 Å². The number of halogens is 4. The van der Waals surface area contributed by atoms with E-state index in [1.165, 1.54) is 74.8 Å². The van der Waals surface area contributed by atoms with E-state index >= 15 is 0 Å². The van der Waals surface area contributed by atoms with E-state index in [1.54, 1.807) is 6.20 Å². The number of nitrogens with zero attached hydrogens (tertiary/aromatic N) is 7. The molecule has 3 aliphatic rings. The normalized spacial score (nSPS) is 10.8. The number of aromatic nitrogens is 3. The Balaban J connectivity index is 0.000000213. The second-order valence-electron chi connectivity index (χ2n) is 24.8. The monoisotopic (exact) mass is 1910 g/mol. The maximum absolute atomic E-state index is 8.56. The van der Waals surface area contributed by atoms with E-state index in [2.05, 4.69) is 454 Å². The number of hydrogen-bond donors (Lipinski definition) is 4. The van der Waals surface area contributed by atoms with Crippen molar-refractivity contribution in [3.8, 4) is 6.07 Å². The van der Waals surface area contributed by atoms with Gasteiger partial charge in [-0.05, 0) is 165 Å². The molecule has 3 aromatic heterocycles. The largest absolute Gasteiger partial charge is 2.00 e. The van der Waals surface area contributed by atoms with Crippen molar-refractivity contribution in [2.45, 2.75) is 23.6 Å². The fraction of sp³-hybridized carbons (Fsp3) is 0.0722. The van der Waals surface area contributed by atoms with Gasteiger partial charge in [0.15, 0.2) is 4.30 Å². The molecule has 10 nitrogen and oxygen atoms in total. The molecule has 0 saturated carbocycles. The Kier molecular flexibility index (Phi) is 48.3. The Bertz CT molecular complexity index is 4460. The Morgan fingerprint density at radius 2 is 0.538 bits per heavy atom. The summed E-state index contributed by atoms with van der Waals surface area (Å²) in [5.74, 6) is 3.05. The topological polar surface area (TPSA) is 158 Å². The van der Waals surface area contributed by atoms with E-state index in [0.29, 0.717) is 5.56 Å². The minimum atomic E-state index is -0.750. The molecule has 591 valence electrons. The number of nitrogens with one attached hydrogen (secondary N) is 3. The molecular formula is C97H84BBrCl3N10P4PdSZn. The third-order valence-corrected chi connectivity index (χ3v) is 27.4. The van der Waals surface area contributed by atoms with Crippen LogP contribution < -0.4 is 79.6 Å². The molecule has 0 unspecified atom stereocenters. The van der Waals surface area contributed by atoms with Crippen LogP contribution in [0.3, 0.4) is 0 Å². The first-order valence-corrected chi connectivity index (χ1v) is 45.0. The van der Waals surface area contributed by atoms with Gasteiger partial charge in [0.25, 0.3) is 0 Å². The Labute approximate surface area is 763 Å². The first-order valence-electron chi connectivity index (χ1n) is 37.1. The molecule has 1 radical (unpaired) electrons. The van der Waals surface area contributed by atoms with Crippen LogP contribution in [0.2, 0.25) is 0 Å². The molecule has 0 saturated heterocycles. The zero-order valence-electron chi connectivity index (χ0n) is 65.0. The molecule has 18 rings (SSSR count). The number of nitriles is 1. The summed E-state index contributed by atoms with van der Waals surface area (Å²) in [7, 11) is 2.55. The van der Waals surface area contributed by atoms with E-state index < -0.39 is 36.0 Å². The molecule has 119 heavy (non-hydrogen) atoms. The number of anilines is 3. The number of alkyl halides is 3. The first-order chi connectivity index (χ1) is 57.7. The summed E-state index contributed by atoms with van der Waals surface area (Å²) >= 11 is 21.0. The van der Waals surface area contributed by atoms with Crippen LogP contribution in [0.4, 0.5) is 17.5 Å². The molecular weight excluding hydrogens is 1830 g/mol. The summed E-state index contributed by atoms with van der Waals surface area (Å²) in [5.41, 5.74) is 4.46. The number of pyridine rings is 3. The second-order valence-corrected chi connectivity index (χ2v) is 36.8. The molecule has 3 aliphatic heterocycles. The van der Waals surface area contributed by atoms with E-state index in [-0.39, 0.29) is 39.9 Å². The van der Waals surface area contributed by atoms with E-state index in [0.717, 1.165) is 66.4 Å². The maximum Gasteiger partial charge on any atom is 2.00 e. The van der Waals surface area contributed by atoms with Crippen molar-refractivity contribution in [1.29, 1.82) is 15.8 Å². The van der Waals surface area contributed by atoms with Gasteiger partial charge in [0.05, 0.1) is 5.56 Å². The molecule has 0 fully saturated rings. The number of thiol groups is 1.